The van der Waals surface area contributed by atoms with Gasteiger partial charge in [-0.15, -0.1) is 0 Å². The van der Waals surface area contributed by atoms with Crippen molar-refractivity contribution >= 4 is 28.6 Å². The number of benzene rings is 1. The molecule has 8 nitrogen and oxygen atoms in total. The lowest BCUT2D eigenvalue weighted by atomic mass is 9.96. The predicted octanol–water partition coefficient (Wildman–Crippen LogP) is 2.98. The van der Waals surface area contributed by atoms with Crippen molar-refractivity contribution in [3.63, 3.8) is 0 Å². The van der Waals surface area contributed by atoms with E-state index in [0.717, 1.165) is 5.56 Å². The highest BCUT2D eigenvalue weighted by atomic mass is 16.5. The third kappa shape index (κ3) is 4.07. The van der Waals surface area contributed by atoms with Crippen LogP contribution in [0, 0.1) is 0 Å². The highest BCUT2D eigenvalue weighted by molar-refractivity contribution is 5.94. The first-order chi connectivity index (χ1) is 16.0. The van der Waals surface area contributed by atoms with Crippen LogP contribution in [0.15, 0.2) is 70.6 Å². The summed E-state index contributed by atoms with van der Waals surface area (Å²) in [7, 11) is 1.63. The van der Waals surface area contributed by atoms with Crippen molar-refractivity contribution in [1.29, 1.82) is 0 Å². The number of hydrogen-bond acceptors (Lipinski definition) is 5. The zero-order valence-electron chi connectivity index (χ0n) is 18.7. The van der Waals surface area contributed by atoms with Gasteiger partial charge >= 0.3 is 5.97 Å². The molecule has 0 unspecified atom stereocenters. The van der Waals surface area contributed by atoms with Crippen molar-refractivity contribution in [3.8, 4) is 0 Å². The lowest BCUT2D eigenvalue weighted by Gasteiger charge is -2.14. The van der Waals surface area contributed by atoms with Gasteiger partial charge in [0, 0.05) is 13.2 Å². The van der Waals surface area contributed by atoms with Gasteiger partial charge in [0.1, 0.15) is 16.9 Å². The normalized spacial score (nSPS) is 12.8. The molecule has 0 fully saturated rings. The summed E-state index contributed by atoms with van der Waals surface area (Å²) in [5, 5.41) is 0.228. The zero-order chi connectivity index (χ0) is 23.5. The molecule has 0 bridgehead atoms. The third-order valence-corrected chi connectivity index (χ3v) is 5.53. The van der Waals surface area contributed by atoms with E-state index in [1.165, 1.54) is 15.0 Å². The number of pyridine rings is 2. The molecule has 1 amide bonds. The number of esters is 1. The Balaban J connectivity index is 2.01. The number of hydrogen-bond donors (Lipinski definition) is 0. The second kappa shape index (κ2) is 9.20. The quantitative estimate of drug-likeness (QED) is 0.348. The average molecular weight is 444 g/mol. The Bertz CT molecular complexity index is 1490. The van der Waals surface area contributed by atoms with E-state index in [0.29, 0.717) is 17.7 Å². The van der Waals surface area contributed by atoms with Crippen LogP contribution in [0.25, 0.3) is 16.7 Å². The minimum Gasteiger partial charge on any atom is -0.462 e. The number of ether oxygens (including phenoxy) is 1. The monoisotopic (exact) mass is 444 g/mol. The fraction of sp³-hybridized carbons (Fsp3) is 0.240. The van der Waals surface area contributed by atoms with Crippen molar-refractivity contribution in [1.82, 2.24) is 14.0 Å². The molecule has 0 aliphatic rings. The highest BCUT2D eigenvalue weighted by Gasteiger charge is 2.22. The van der Waals surface area contributed by atoms with Gasteiger partial charge in [0.25, 0.3) is 11.5 Å². The molecule has 0 N–H and O–H groups in total. The number of aryl methyl sites for hydroxylation is 1. The van der Waals surface area contributed by atoms with E-state index < -0.39 is 11.9 Å². The second-order valence-corrected chi connectivity index (χ2v) is 7.57. The number of amides is 1. The maximum absolute atomic E-state index is 13.2. The molecule has 8 heteroatoms. The molecular weight excluding hydrogens is 420 g/mol. The van der Waals surface area contributed by atoms with Crippen molar-refractivity contribution < 1.29 is 14.3 Å². The molecular formula is C25H24N4O4. The van der Waals surface area contributed by atoms with Crippen molar-refractivity contribution in [2.75, 3.05) is 6.61 Å². The Morgan fingerprint density at radius 1 is 1.09 bits per heavy atom. The van der Waals surface area contributed by atoms with Crippen LogP contribution >= 0.6 is 0 Å². The molecule has 4 rings (SSSR count). The van der Waals surface area contributed by atoms with Gasteiger partial charge in [0.05, 0.1) is 17.9 Å². The summed E-state index contributed by atoms with van der Waals surface area (Å²) in [6, 6.07) is 16.0. The molecule has 3 aromatic heterocycles. The van der Waals surface area contributed by atoms with Gasteiger partial charge in [0.2, 0.25) is 0 Å². The number of carbonyl (C=O) groups excluding carboxylic acids is 2. The summed E-state index contributed by atoms with van der Waals surface area (Å²) in [4.78, 5) is 48.0. The summed E-state index contributed by atoms with van der Waals surface area (Å²) in [5.41, 5.74) is 1.43. The Morgan fingerprint density at radius 2 is 1.82 bits per heavy atom. The third-order valence-electron chi connectivity index (χ3n) is 5.53. The molecule has 33 heavy (non-hydrogen) atoms. The summed E-state index contributed by atoms with van der Waals surface area (Å²) in [6.07, 6.45) is 2.16. The van der Waals surface area contributed by atoms with Gasteiger partial charge in [-0.05, 0) is 37.1 Å². The van der Waals surface area contributed by atoms with Crippen LogP contribution in [0.3, 0.4) is 0 Å². The van der Waals surface area contributed by atoms with Gasteiger partial charge in [-0.1, -0.05) is 43.3 Å². The topological polar surface area (TPSA) is 95.0 Å². The summed E-state index contributed by atoms with van der Waals surface area (Å²) in [6.45, 7) is 3.74. The van der Waals surface area contributed by atoms with Crippen LogP contribution in [-0.4, -0.2) is 32.4 Å². The summed E-state index contributed by atoms with van der Waals surface area (Å²) >= 11 is 0. The minimum absolute atomic E-state index is 0.0397. The Morgan fingerprint density at radius 3 is 2.52 bits per heavy atom. The molecule has 0 saturated heterocycles. The SMILES string of the molecule is CCOC(=O)c1cc2c(=O)n3ccccc3nc2n(C)c1=NC(=O)[C@@H](CC)c1ccccc1. The Kier molecular flexibility index (Phi) is 6.17. The first kappa shape index (κ1) is 22.1. The fourth-order valence-electron chi connectivity index (χ4n) is 3.88. The maximum Gasteiger partial charge on any atom is 0.341 e. The van der Waals surface area contributed by atoms with Crippen LogP contribution in [-0.2, 0) is 16.6 Å². The molecule has 3 heterocycles. The Labute approximate surface area is 189 Å². The first-order valence-electron chi connectivity index (χ1n) is 10.8. The van der Waals surface area contributed by atoms with Crippen LogP contribution in [0.4, 0.5) is 0 Å². The van der Waals surface area contributed by atoms with Gasteiger partial charge < -0.3 is 9.30 Å². The van der Waals surface area contributed by atoms with Crippen LogP contribution in [0.2, 0.25) is 0 Å². The van der Waals surface area contributed by atoms with Crippen molar-refractivity contribution in [3.05, 3.63) is 87.8 Å². The largest absolute Gasteiger partial charge is 0.462 e. The Hall–Kier alpha value is -4.07. The lowest BCUT2D eigenvalue weighted by Crippen LogP contribution is -2.31. The van der Waals surface area contributed by atoms with E-state index >= 15 is 0 Å². The minimum atomic E-state index is -0.660. The molecule has 4 aromatic rings. The van der Waals surface area contributed by atoms with Crippen LogP contribution < -0.4 is 11.0 Å². The van der Waals surface area contributed by atoms with E-state index in [1.807, 2.05) is 37.3 Å². The predicted molar refractivity (Wildman–Crippen MR) is 124 cm³/mol. The molecule has 1 aromatic carbocycles. The summed E-state index contributed by atoms with van der Waals surface area (Å²) in [5.74, 6) is -1.51. The van der Waals surface area contributed by atoms with Crippen LogP contribution in [0.1, 0.15) is 42.1 Å². The lowest BCUT2D eigenvalue weighted by molar-refractivity contribution is -0.119. The molecule has 1 atom stereocenters. The second-order valence-electron chi connectivity index (χ2n) is 7.57. The zero-order valence-corrected chi connectivity index (χ0v) is 18.7. The molecule has 0 aliphatic carbocycles. The van der Waals surface area contributed by atoms with Crippen molar-refractivity contribution in [2.24, 2.45) is 12.0 Å². The van der Waals surface area contributed by atoms with E-state index in [4.69, 9.17) is 4.74 Å². The number of rotatable bonds is 5. The average Bonchev–Trinajstić information content (AvgIpc) is 2.82. The molecule has 0 saturated carbocycles. The number of aromatic nitrogens is 3. The van der Waals surface area contributed by atoms with Gasteiger partial charge in [0.15, 0.2) is 5.49 Å². The van der Waals surface area contributed by atoms with Gasteiger partial charge in [-0.3, -0.25) is 14.0 Å². The van der Waals surface area contributed by atoms with E-state index in [9.17, 15) is 14.4 Å². The fourth-order valence-corrected chi connectivity index (χ4v) is 3.88. The van der Waals surface area contributed by atoms with E-state index in [1.54, 1.807) is 38.4 Å². The molecule has 0 aliphatic heterocycles. The van der Waals surface area contributed by atoms with Gasteiger partial charge in [-0.2, -0.15) is 4.99 Å². The van der Waals surface area contributed by atoms with E-state index in [2.05, 4.69) is 9.98 Å². The first-order valence-corrected chi connectivity index (χ1v) is 10.8. The summed E-state index contributed by atoms with van der Waals surface area (Å²) < 4.78 is 8.11. The maximum atomic E-state index is 13.2. The van der Waals surface area contributed by atoms with Crippen molar-refractivity contribution in [2.45, 2.75) is 26.2 Å². The number of fused-ring (bicyclic) bond motifs is 2. The standard InChI is InChI=1S/C25H24N4O4/c1-4-17(16-11-7-6-8-12-16)23(30)27-22-19(25(32)33-5-2)15-18-21(28(22)3)26-20-13-9-10-14-29(20)24(18)31/h6-15,17H,4-5H2,1-3H3/t17-/m0/s1. The smallest absolute Gasteiger partial charge is 0.341 e. The highest BCUT2D eigenvalue weighted by Crippen LogP contribution is 2.20. The van der Waals surface area contributed by atoms with E-state index in [-0.39, 0.29) is 34.5 Å². The molecule has 0 radical (unpaired) electrons. The number of carbonyl (C=O) groups is 2. The molecule has 0 spiro atoms. The van der Waals surface area contributed by atoms with Gasteiger partial charge in [-0.25, -0.2) is 9.78 Å². The van der Waals surface area contributed by atoms with Crippen LogP contribution in [0.5, 0.6) is 0 Å². The number of nitrogens with zero attached hydrogens (tertiary/aromatic N) is 4. The molecule has 168 valence electrons.